The molecule has 1 N–H and O–H groups in total. The Labute approximate surface area is 86.5 Å². The van der Waals surface area contributed by atoms with Gasteiger partial charge < -0.3 is 0 Å². The maximum absolute atomic E-state index is 10.8. The molecule has 0 unspecified atom stereocenters. The Morgan fingerprint density at radius 3 is 3.00 bits per heavy atom. The van der Waals surface area contributed by atoms with Crippen molar-refractivity contribution in [1.82, 2.24) is 5.48 Å². The van der Waals surface area contributed by atoms with Crippen molar-refractivity contribution >= 4 is 11.4 Å². The van der Waals surface area contributed by atoms with Gasteiger partial charge in [-0.2, -0.15) is 0 Å². The highest BCUT2D eigenvalue weighted by Crippen LogP contribution is 2.32. The number of hydroxylamine groups is 1. The third kappa shape index (κ3) is 1.57. The van der Waals surface area contributed by atoms with E-state index in [0.717, 1.165) is 16.8 Å². The normalized spacial score (nSPS) is 13.3. The standard InChI is InChI=1S/C10H10N2O3/c1-15-11-9-6-5-8-7(9)3-2-4-10(8)12(13)14/h2-4,6,11H,5H2,1H3. The van der Waals surface area contributed by atoms with E-state index in [0.29, 0.717) is 6.42 Å². The van der Waals surface area contributed by atoms with Crippen LogP contribution in [-0.4, -0.2) is 12.0 Å². The third-order valence-corrected chi connectivity index (χ3v) is 2.36. The van der Waals surface area contributed by atoms with Crippen LogP contribution in [0.25, 0.3) is 5.70 Å². The lowest BCUT2D eigenvalue weighted by Crippen LogP contribution is -2.08. The topological polar surface area (TPSA) is 64.4 Å². The van der Waals surface area contributed by atoms with Gasteiger partial charge in [0.2, 0.25) is 0 Å². The summed E-state index contributed by atoms with van der Waals surface area (Å²) in [5.41, 5.74) is 5.23. The van der Waals surface area contributed by atoms with Crippen molar-refractivity contribution in [3.63, 3.8) is 0 Å². The van der Waals surface area contributed by atoms with Gasteiger partial charge in [-0.3, -0.25) is 20.4 Å². The fraction of sp³-hybridized carbons (Fsp3) is 0.200. The smallest absolute Gasteiger partial charge is 0.273 e. The van der Waals surface area contributed by atoms with Gasteiger partial charge in [0, 0.05) is 23.6 Å². The van der Waals surface area contributed by atoms with E-state index in [2.05, 4.69) is 5.48 Å². The minimum Gasteiger partial charge on any atom is -0.279 e. The summed E-state index contributed by atoms with van der Waals surface area (Å²) in [7, 11) is 1.51. The number of nitro benzene ring substituents is 1. The van der Waals surface area contributed by atoms with Crippen molar-refractivity contribution in [2.24, 2.45) is 0 Å². The van der Waals surface area contributed by atoms with Crippen molar-refractivity contribution in [1.29, 1.82) is 0 Å². The van der Waals surface area contributed by atoms with Crippen LogP contribution < -0.4 is 5.48 Å². The van der Waals surface area contributed by atoms with Crippen LogP contribution in [0.4, 0.5) is 5.69 Å². The molecular formula is C10H10N2O3. The average Bonchev–Trinajstić information content (AvgIpc) is 2.62. The second-order valence-electron chi connectivity index (χ2n) is 3.19. The predicted molar refractivity (Wildman–Crippen MR) is 54.9 cm³/mol. The van der Waals surface area contributed by atoms with Gasteiger partial charge in [-0.25, -0.2) is 0 Å². The van der Waals surface area contributed by atoms with Gasteiger partial charge in [0.15, 0.2) is 0 Å². The Morgan fingerprint density at radius 2 is 2.33 bits per heavy atom. The van der Waals surface area contributed by atoms with Crippen molar-refractivity contribution in [3.8, 4) is 0 Å². The first kappa shape index (κ1) is 9.67. The van der Waals surface area contributed by atoms with Crippen LogP contribution in [0.5, 0.6) is 0 Å². The van der Waals surface area contributed by atoms with Crippen LogP contribution in [0.1, 0.15) is 11.1 Å². The molecule has 0 bridgehead atoms. The highest BCUT2D eigenvalue weighted by atomic mass is 16.6. The number of benzene rings is 1. The quantitative estimate of drug-likeness (QED) is 0.603. The summed E-state index contributed by atoms with van der Waals surface area (Å²) in [5.74, 6) is 0. The van der Waals surface area contributed by atoms with Crippen LogP contribution in [0, 0.1) is 10.1 Å². The zero-order valence-electron chi connectivity index (χ0n) is 8.19. The van der Waals surface area contributed by atoms with Gasteiger partial charge in [0.05, 0.1) is 17.7 Å². The fourth-order valence-corrected chi connectivity index (χ4v) is 1.73. The van der Waals surface area contributed by atoms with E-state index in [1.54, 1.807) is 6.07 Å². The molecule has 15 heavy (non-hydrogen) atoms. The Hall–Kier alpha value is -1.88. The lowest BCUT2D eigenvalue weighted by molar-refractivity contribution is -0.385. The number of hydrogen-bond acceptors (Lipinski definition) is 4. The van der Waals surface area contributed by atoms with E-state index in [4.69, 9.17) is 4.84 Å². The Kier molecular flexibility index (Phi) is 2.39. The van der Waals surface area contributed by atoms with Gasteiger partial charge in [-0.05, 0) is 0 Å². The minimum absolute atomic E-state index is 0.164. The maximum Gasteiger partial charge on any atom is 0.273 e. The van der Waals surface area contributed by atoms with E-state index >= 15 is 0 Å². The van der Waals surface area contributed by atoms with E-state index in [1.807, 2.05) is 12.1 Å². The molecule has 1 aromatic carbocycles. The largest absolute Gasteiger partial charge is 0.279 e. The first-order valence-corrected chi connectivity index (χ1v) is 4.50. The summed E-state index contributed by atoms with van der Waals surface area (Å²) < 4.78 is 0. The predicted octanol–water partition coefficient (Wildman–Crippen LogP) is 1.64. The fourth-order valence-electron chi connectivity index (χ4n) is 1.73. The molecule has 1 aliphatic carbocycles. The maximum atomic E-state index is 10.8. The van der Waals surface area contributed by atoms with E-state index in [1.165, 1.54) is 13.2 Å². The van der Waals surface area contributed by atoms with E-state index < -0.39 is 0 Å². The Balaban J connectivity index is 2.43. The van der Waals surface area contributed by atoms with E-state index in [-0.39, 0.29) is 10.6 Å². The molecule has 2 rings (SSSR count). The number of allylic oxidation sites excluding steroid dienone is 1. The SMILES string of the molecule is CONC1=CCc2c1cccc2[N+](=O)[O-]. The monoisotopic (exact) mass is 206 g/mol. The summed E-state index contributed by atoms with van der Waals surface area (Å²) in [6.07, 6.45) is 2.44. The Bertz CT molecular complexity index is 440. The summed E-state index contributed by atoms with van der Waals surface area (Å²) >= 11 is 0. The van der Waals surface area contributed by atoms with Crippen molar-refractivity contribution in [3.05, 3.63) is 45.5 Å². The lowest BCUT2D eigenvalue weighted by atomic mass is 10.1. The molecule has 0 amide bonds. The minimum atomic E-state index is -0.359. The van der Waals surface area contributed by atoms with Crippen molar-refractivity contribution < 1.29 is 9.76 Å². The molecule has 0 aliphatic heterocycles. The molecule has 0 spiro atoms. The molecule has 1 aliphatic rings. The van der Waals surface area contributed by atoms with Crippen LogP contribution in [-0.2, 0) is 11.3 Å². The lowest BCUT2D eigenvalue weighted by Gasteiger charge is -2.06. The highest BCUT2D eigenvalue weighted by molar-refractivity contribution is 5.74. The molecule has 5 heteroatoms. The number of nitro groups is 1. The second-order valence-corrected chi connectivity index (χ2v) is 3.19. The van der Waals surface area contributed by atoms with Crippen LogP contribution in [0.3, 0.4) is 0 Å². The third-order valence-electron chi connectivity index (χ3n) is 2.36. The number of hydrogen-bond donors (Lipinski definition) is 1. The van der Waals surface area contributed by atoms with E-state index in [9.17, 15) is 10.1 Å². The van der Waals surface area contributed by atoms with Gasteiger partial charge >= 0.3 is 0 Å². The summed E-state index contributed by atoms with van der Waals surface area (Å²) in [6, 6.07) is 5.03. The molecule has 0 heterocycles. The summed E-state index contributed by atoms with van der Waals surface area (Å²) in [5, 5.41) is 10.8. The molecule has 1 aromatic rings. The number of fused-ring (bicyclic) bond motifs is 1. The highest BCUT2D eigenvalue weighted by Gasteiger charge is 2.22. The van der Waals surface area contributed by atoms with Crippen LogP contribution in [0.2, 0.25) is 0 Å². The molecule has 0 saturated heterocycles. The first-order valence-electron chi connectivity index (χ1n) is 4.50. The molecule has 78 valence electrons. The van der Waals surface area contributed by atoms with Crippen LogP contribution in [0.15, 0.2) is 24.3 Å². The second kappa shape index (κ2) is 3.70. The molecule has 5 nitrogen and oxygen atoms in total. The number of nitrogens with zero attached hydrogens (tertiary/aromatic N) is 1. The number of rotatable bonds is 3. The summed E-state index contributed by atoms with van der Waals surface area (Å²) in [6.45, 7) is 0. The Morgan fingerprint density at radius 1 is 1.53 bits per heavy atom. The van der Waals surface area contributed by atoms with Crippen molar-refractivity contribution in [2.45, 2.75) is 6.42 Å². The van der Waals surface area contributed by atoms with Crippen LogP contribution >= 0.6 is 0 Å². The van der Waals surface area contributed by atoms with Gasteiger partial charge in [-0.1, -0.05) is 18.2 Å². The van der Waals surface area contributed by atoms with Gasteiger partial charge in [0.25, 0.3) is 5.69 Å². The average molecular weight is 206 g/mol. The molecular weight excluding hydrogens is 196 g/mol. The molecule has 0 radical (unpaired) electrons. The van der Waals surface area contributed by atoms with Crippen molar-refractivity contribution in [2.75, 3.05) is 7.11 Å². The number of nitrogens with one attached hydrogen (secondary N) is 1. The molecule has 0 atom stereocenters. The van der Waals surface area contributed by atoms with Gasteiger partial charge in [0.1, 0.15) is 0 Å². The first-order chi connectivity index (χ1) is 7.24. The zero-order chi connectivity index (χ0) is 10.8. The molecule has 0 aromatic heterocycles. The molecule has 0 fully saturated rings. The zero-order valence-corrected chi connectivity index (χ0v) is 8.19. The molecule has 0 saturated carbocycles. The summed E-state index contributed by atoms with van der Waals surface area (Å²) in [4.78, 5) is 15.2. The van der Waals surface area contributed by atoms with Gasteiger partial charge in [-0.15, -0.1) is 0 Å².